The van der Waals surface area contributed by atoms with E-state index in [1.54, 1.807) is 6.20 Å². The summed E-state index contributed by atoms with van der Waals surface area (Å²) in [4.78, 5) is 41.1. The van der Waals surface area contributed by atoms with Gasteiger partial charge in [-0.1, -0.05) is 25.5 Å². The third-order valence-electron chi connectivity index (χ3n) is 9.90. The SMILES string of the molecule is C[C@]12CC[C@H]3[C@@H](CCC4=CC(=O)CC[C@@]43C)[C@@H]1CC[C@@H]2OC(=O)CCC(=O)NCc1ccccn1. The molecule has 3 fully saturated rings. The third kappa shape index (κ3) is 4.56. The predicted octanol–water partition coefficient (Wildman–Crippen LogP) is 4.92. The van der Waals surface area contributed by atoms with Crippen LogP contribution in [0.25, 0.3) is 0 Å². The van der Waals surface area contributed by atoms with Gasteiger partial charge in [0.15, 0.2) is 5.78 Å². The number of carbonyl (C=O) groups is 3. The smallest absolute Gasteiger partial charge is 0.306 e. The van der Waals surface area contributed by atoms with Crippen molar-refractivity contribution in [3.8, 4) is 0 Å². The summed E-state index contributed by atoms with van der Waals surface area (Å²) in [5.41, 5.74) is 2.36. The molecule has 35 heavy (non-hydrogen) atoms. The topological polar surface area (TPSA) is 85.4 Å². The van der Waals surface area contributed by atoms with Crippen LogP contribution < -0.4 is 5.32 Å². The summed E-state index contributed by atoms with van der Waals surface area (Å²) < 4.78 is 6.04. The van der Waals surface area contributed by atoms with E-state index in [2.05, 4.69) is 24.1 Å². The molecule has 5 rings (SSSR count). The Morgan fingerprint density at radius 2 is 1.91 bits per heavy atom. The van der Waals surface area contributed by atoms with Crippen molar-refractivity contribution < 1.29 is 19.1 Å². The van der Waals surface area contributed by atoms with Gasteiger partial charge in [0.25, 0.3) is 0 Å². The van der Waals surface area contributed by atoms with Gasteiger partial charge < -0.3 is 10.1 Å². The fourth-order valence-corrected chi connectivity index (χ4v) is 7.92. The Morgan fingerprint density at radius 1 is 1.06 bits per heavy atom. The molecule has 0 bridgehead atoms. The molecule has 0 radical (unpaired) electrons. The number of ether oxygens (including phenoxy) is 1. The lowest BCUT2D eigenvalue weighted by Crippen LogP contribution is -2.51. The number of esters is 1. The van der Waals surface area contributed by atoms with Crippen molar-refractivity contribution in [3.05, 3.63) is 41.7 Å². The number of allylic oxidation sites excluding steroid dienone is 1. The Labute approximate surface area is 208 Å². The first kappa shape index (κ1) is 24.2. The maximum atomic E-state index is 12.7. The Balaban J connectivity index is 1.16. The molecule has 1 aromatic rings. The van der Waals surface area contributed by atoms with Crippen molar-refractivity contribution >= 4 is 17.7 Å². The lowest BCUT2D eigenvalue weighted by atomic mass is 9.47. The average molecular weight is 479 g/mol. The number of carbonyl (C=O) groups excluding carboxylic acids is 3. The van der Waals surface area contributed by atoms with Gasteiger partial charge >= 0.3 is 5.97 Å². The number of fused-ring (bicyclic) bond motifs is 5. The van der Waals surface area contributed by atoms with E-state index < -0.39 is 0 Å². The highest BCUT2D eigenvalue weighted by Gasteiger charge is 2.59. The molecule has 1 N–H and O–H groups in total. The zero-order valence-corrected chi connectivity index (χ0v) is 21.1. The molecule has 0 spiro atoms. The van der Waals surface area contributed by atoms with Crippen molar-refractivity contribution in [3.63, 3.8) is 0 Å². The van der Waals surface area contributed by atoms with Crippen LogP contribution in [0.5, 0.6) is 0 Å². The van der Waals surface area contributed by atoms with Gasteiger partial charge in [-0.05, 0) is 86.3 Å². The number of rotatable bonds is 6. The maximum absolute atomic E-state index is 12.7. The van der Waals surface area contributed by atoms with Crippen LogP contribution in [0.4, 0.5) is 0 Å². The molecule has 0 unspecified atom stereocenters. The molecule has 0 aliphatic heterocycles. The number of hydrogen-bond donors (Lipinski definition) is 1. The summed E-state index contributed by atoms with van der Waals surface area (Å²) in [7, 11) is 0. The van der Waals surface area contributed by atoms with E-state index in [1.165, 1.54) is 5.57 Å². The van der Waals surface area contributed by atoms with Crippen LogP contribution in [0.15, 0.2) is 36.0 Å². The molecule has 0 saturated heterocycles. The number of ketones is 1. The number of nitrogens with one attached hydrogen (secondary N) is 1. The summed E-state index contributed by atoms with van der Waals surface area (Å²) in [6.45, 7) is 5.09. The van der Waals surface area contributed by atoms with Gasteiger partial charge in [-0.25, -0.2) is 0 Å². The Bertz CT molecular complexity index is 1020. The number of amides is 1. The minimum Gasteiger partial charge on any atom is -0.462 e. The van der Waals surface area contributed by atoms with Crippen LogP contribution in [-0.4, -0.2) is 28.7 Å². The summed E-state index contributed by atoms with van der Waals surface area (Å²) in [6, 6.07) is 5.58. The average Bonchev–Trinajstić information content (AvgIpc) is 3.18. The molecule has 1 aromatic heterocycles. The van der Waals surface area contributed by atoms with E-state index in [4.69, 9.17) is 4.74 Å². The zero-order chi connectivity index (χ0) is 24.6. The first-order valence-corrected chi connectivity index (χ1v) is 13.4. The number of hydrogen-bond acceptors (Lipinski definition) is 5. The Hall–Kier alpha value is -2.50. The summed E-state index contributed by atoms with van der Waals surface area (Å²) >= 11 is 0. The molecule has 6 heteroatoms. The zero-order valence-electron chi connectivity index (χ0n) is 21.1. The van der Waals surface area contributed by atoms with Crippen molar-refractivity contribution in [1.29, 1.82) is 0 Å². The molecule has 1 amide bonds. The van der Waals surface area contributed by atoms with Crippen LogP contribution in [0.1, 0.15) is 83.7 Å². The quantitative estimate of drug-likeness (QED) is 0.587. The van der Waals surface area contributed by atoms with Gasteiger partial charge in [-0.2, -0.15) is 0 Å². The molecule has 0 aromatic carbocycles. The molecule has 188 valence electrons. The Kier molecular flexibility index (Phi) is 6.58. The minimum atomic E-state index is -0.265. The highest BCUT2D eigenvalue weighted by atomic mass is 16.5. The molecular weight excluding hydrogens is 440 g/mol. The van der Waals surface area contributed by atoms with Crippen LogP contribution >= 0.6 is 0 Å². The molecule has 4 aliphatic rings. The van der Waals surface area contributed by atoms with Gasteiger partial charge in [-0.15, -0.1) is 0 Å². The fourth-order valence-electron chi connectivity index (χ4n) is 7.92. The molecular formula is C29H38N2O4. The fraction of sp³-hybridized carbons (Fsp3) is 0.655. The minimum absolute atomic E-state index is 0.0140. The van der Waals surface area contributed by atoms with E-state index in [9.17, 15) is 14.4 Å². The van der Waals surface area contributed by atoms with Crippen molar-refractivity contribution in [1.82, 2.24) is 10.3 Å². The van der Waals surface area contributed by atoms with Crippen molar-refractivity contribution in [2.75, 3.05) is 0 Å². The lowest BCUT2D eigenvalue weighted by molar-refractivity contribution is -0.160. The van der Waals surface area contributed by atoms with Crippen LogP contribution in [-0.2, 0) is 25.7 Å². The van der Waals surface area contributed by atoms with Gasteiger partial charge in [0.05, 0.1) is 18.7 Å². The molecule has 6 nitrogen and oxygen atoms in total. The van der Waals surface area contributed by atoms with Gasteiger partial charge in [-0.3, -0.25) is 19.4 Å². The normalized spacial score (nSPS) is 35.8. The predicted molar refractivity (Wildman–Crippen MR) is 132 cm³/mol. The second kappa shape index (κ2) is 9.51. The molecule has 3 saturated carbocycles. The Morgan fingerprint density at radius 3 is 2.71 bits per heavy atom. The highest BCUT2D eigenvalue weighted by molar-refractivity contribution is 5.91. The van der Waals surface area contributed by atoms with Crippen molar-refractivity contribution in [2.24, 2.45) is 28.6 Å². The van der Waals surface area contributed by atoms with Crippen molar-refractivity contribution in [2.45, 2.75) is 90.7 Å². The molecule has 6 atom stereocenters. The van der Waals surface area contributed by atoms with E-state index in [1.807, 2.05) is 24.3 Å². The highest BCUT2D eigenvalue weighted by Crippen LogP contribution is 2.65. The standard InChI is InChI=1S/C29H38N2O4/c1-28-14-12-21(32)17-19(28)6-7-22-23-8-9-25(29(23,2)15-13-24(22)28)35-27(34)11-10-26(33)31-18-20-5-3-4-16-30-20/h3-5,16-17,22-25H,6-15,18H2,1-2H3,(H,31,33)/t22-,23-,24-,25-,28-,29-/m0/s1. The first-order valence-electron chi connectivity index (χ1n) is 13.4. The summed E-state index contributed by atoms with van der Waals surface area (Å²) in [5, 5.41) is 2.83. The number of pyridine rings is 1. The maximum Gasteiger partial charge on any atom is 0.306 e. The van der Waals surface area contributed by atoms with E-state index in [0.717, 1.165) is 50.6 Å². The lowest BCUT2D eigenvalue weighted by Gasteiger charge is -2.57. The second-order valence-corrected chi connectivity index (χ2v) is 11.7. The molecule has 4 aliphatic carbocycles. The first-order chi connectivity index (χ1) is 16.8. The van der Waals surface area contributed by atoms with Gasteiger partial charge in [0, 0.05) is 24.5 Å². The van der Waals surface area contributed by atoms with Gasteiger partial charge in [0.1, 0.15) is 6.10 Å². The van der Waals surface area contributed by atoms with E-state index in [-0.39, 0.29) is 41.7 Å². The summed E-state index contributed by atoms with van der Waals surface area (Å²) in [6.07, 6.45) is 11.9. The van der Waals surface area contributed by atoms with Gasteiger partial charge in [0.2, 0.25) is 5.91 Å². The van der Waals surface area contributed by atoms with E-state index >= 15 is 0 Å². The van der Waals surface area contributed by atoms with Crippen LogP contribution in [0.3, 0.4) is 0 Å². The second-order valence-electron chi connectivity index (χ2n) is 11.7. The monoisotopic (exact) mass is 478 g/mol. The number of nitrogens with zero attached hydrogens (tertiary/aromatic N) is 1. The largest absolute Gasteiger partial charge is 0.462 e. The van der Waals surface area contributed by atoms with E-state index in [0.29, 0.717) is 36.5 Å². The number of aromatic nitrogens is 1. The van der Waals surface area contributed by atoms with Crippen LogP contribution in [0.2, 0.25) is 0 Å². The molecule has 1 heterocycles. The third-order valence-corrected chi connectivity index (χ3v) is 9.90. The summed E-state index contributed by atoms with van der Waals surface area (Å²) in [5.74, 6) is 1.72. The van der Waals surface area contributed by atoms with Crippen LogP contribution in [0, 0.1) is 28.6 Å².